The summed E-state index contributed by atoms with van der Waals surface area (Å²) in [6.07, 6.45) is 3.71. The van der Waals surface area contributed by atoms with Crippen molar-refractivity contribution in [2.45, 2.75) is 87.5 Å². The Morgan fingerprint density at radius 3 is 1.76 bits per heavy atom. The van der Waals surface area contributed by atoms with E-state index in [4.69, 9.17) is 9.97 Å². The maximum Gasteiger partial charge on any atom is 0.208 e. The lowest BCUT2D eigenvalue weighted by molar-refractivity contribution is -0.479. The highest BCUT2D eigenvalue weighted by molar-refractivity contribution is 5.97. The van der Waals surface area contributed by atoms with E-state index < -0.39 is 0 Å². The largest absolute Gasteiger partial charge is 0.355 e. The summed E-state index contributed by atoms with van der Waals surface area (Å²) in [7, 11) is 0. The summed E-state index contributed by atoms with van der Waals surface area (Å²) in [5.41, 5.74) is 18.2. The molecule has 7 nitrogen and oxygen atoms in total. The van der Waals surface area contributed by atoms with Crippen molar-refractivity contribution in [2.24, 2.45) is 0 Å². The smallest absolute Gasteiger partial charge is 0.208 e. The first kappa shape index (κ1) is 28.5. The van der Waals surface area contributed by atoms with E-state index >= 15 is 0 Å². The van der Waals surface area contributed by atoms with Crippen LogP contribution < -0.4 is 0 Å². The molecule has 0 radical (unpaired) electrons. The number of nitrogens with zero attached hydrogens (tertiary/aromatic N) is 3. The fourth-order valence-corrected chi connectivity index (χ4v) is 6.67. The molecule has 3 aromatic rings. The SMILES string of the molecule is CCC1=C(C)c2nc1cc1[nH]c(cc3[nH]c(cc4nc(c2CC[N+](=O)[O-])C(CC)=C4C)c(CC)c3C)c(CC)c1C. The second kappa shape index (κ2) is 11.1. The van der Waals surface area contributed by atoms with Gasteiger partial charge in [0.25, 0.3) is 0 Å². The lowest BCUT2D eigenvalue weighted by atomic mass is 9.95. The number of nitrogens with one attached hydrogen (secondary N) is 2. The molecule has 0 atom stereocenters. The van der Waals surface area contributed by atoms with Gasteiger partial charge in [0, 0.05) is 39.0 Å². The Kier molecular flexibility index (Phi) is 7.73. The first-order chi connectivity index (χ1) is 19.6. The molecule has 5 rings (SSSR count). The molecule has 0 aliphatic carbocycles. The molecule has 3 aromatic heterocycles. The monoisotopic (exact) mass is 551 g/mol. The van der Waals surface area contributed by atoms with Crippen LogP contribution in [0.2, 0.25) is 0 Å². The van der Waals surface area contributed by atoms with Gasteiger partial charge in [-0.3, -0.25) is 10.1 Å². The molecule has 0 amide bonds. The number of aromatic nitrogens is 4. The van der Waals surface area contributed by atoms with Gasteiger partial charge in [-0.2, -0.15) is 0 Å². The molecule has 2 aliphatic heterocycles. The highest BCUT2D eigenvalue weighted by Crippen LogP contribution is 2.40. The van der Waals surface area contributed by atoms with Gasteiger partial charge in [0.05, 0.1) is 22.8 Å². The van der Waals surface area contributed by atoms with Crippen molar-refractivity contribution < 1.29 is 4.92 Å². The molecular weight excluding hydrogens is 510 g/mol. The number of fused-ring (bicyclic) bond motifs is 8. The zero-order chi connectivity index (χ0) is 29.6. The zero-order valence-electron chi connectivity index (χ0n) is 25.6. The minimum Gasteiger partial charge on any atom is -0.355 e. The van der Waals surface area contributed by atoms with Crippen LogP contribution in [0, 0.1) is 24.0 Å². The Morgan fingerprint density at radius 2 is 1.20 bits per heavy atom. The van der Waals surface area contributed by atoms with Crippen LogP contribution in [-0.2, 0) is 19.3 Å². The Hall–Kier alpha value is -4.00. The molecule has 0 fully saturated rings. The molecule has 8 bridgehead atoms. The molecule has 0 spiro atoms. The quantitative estimate of drug-likeness (QED) is 0.227. The molecule has 0 saturated heterocycles. The third-order valence-corrected chi connectivity index (χ3v) is 8.99. The van der Waals surface area contributed by atoms with Crippen LogP contribution >= 0.6 is 0 Å². The fraction of sp³-hybridized carbons (Fsp3) is 0.412. The van der Waals surface area contributed by atoms with Crippen LogP contribution in [-0.4, -0.2) is 31.4 Å². The molecular formula is C34H41N5O2. The van der Waals surface area contributed by atoms with Gasteiger partial charge in [-0.15, -0.1) is 0 Å². The molecule has 0 saturated carbocycles. The molecule has 214 valence electrons. The molecule has 0 aromatic carbocycles. The van der Waals surface area contributed by atoms with Gasteiger partial charge in [0.1, 0.15) is 0 Å². The molecule has 7 heteroatoms. The maximum absolute atomic E-state index is 11.6. The van der Waals surface area contributed by atoms with Crippen molar-refractivity contribution in [1.29, 1.82) is 0 Å². The van der Waals surface area contributed by atoms with E-state index in [2.05, 4.69) is 83.6 Å². The Morgan fingerprint density at radius 1 is 0.659 bits per heavy atom. The summed E-state index contributed by atoms with van der Waals surface area (Å²) < 4.78 is 0. The summed E-state index contributed by atoms with van der Waals surface area (Å²) in [5, 5.41) is 11.6. The second-order valence-electron chi connectivity index (χ2n) is 11.1. The lowest BCUT2D eigenvalue weighted by Gasteiger charge is -2.09. The van der Waals surface area contributed by atoms with Gasteiger partial charge >= 0.3 is 0 Å². The average Bonchev–Trinajstić information content (AvgIpc) is 3.61. The number of H-pyrrole nitrogens is 2. The minimum atomic E-state index is -0.240. The predicted octanol–water partition coefficient (Wildman–Crippen LogP) is 8.56. The summed E-state index contributed by atoms with van der Waals surface area (Å²) in [4.78, 5) is 29.1. The molecule has 2 N–H and O–H groups in total. The molecule has 0 unspecified atom stereocenters. The summed E-state index contributed by atoms with van der Waals surface area (Å²) in [6.45, 7) is 17.1. The highest BCUT2D eigenvalue weighted by Gasteiger charge is 2.26. The third-order valence-electron chi connectivity index (χ3n) is 8.99. The van der Waals surface area contributed by atoms with E-state index in [0.29, 0.717) is 0 Å². The summed E-state index contributed by atoms with van der Waals surface area (Å²) in [5.74, 6) is 0. The maximum atomic E-state index is 11.6. The zero-order valence-corrected chi connectivity index (χ0v) is 25.6. The number of allylic oxidation sites excluding steroid dienone is 4. The van der Waals surface area contributed by atoms with Crippen molar-refractivity contribution in [2.75, 3.05) is 6.54 Å². The van der Waals surface area contributed by atoms with E-state index in [9.17, 15) is 10.1 Å². The first-order valence-corrected chi connectivity index (χ1v) is 14.9. The van der Waals surface area contributed by atoms with Crippen LogP contribution in [0.15, 0.2) is 18.2 Å². The van der Waals surface area contributed by atoms with Crippen LogP contribution in [0.1, 0.15) is 105 Å². The summed E-state index contributed by atoms with van der Waals surface area (Å²) >= 11 is 0. The Labute approximate surface area is 242 Å². The lowest BCUT2D eigenvalue weighted by Crippen LogP contribution is -2.08. The number of hydrogen-bond donors (Lipinski definition) is 2. The Balaban J connectivity index is 2.04. The van der Waals surface area contributed by atoms with Crippen molar-refractivity contribution in [3.05, 3.63) is 78.9 Å². The molecule has 41 heavy (non-hydrogen) atoms. The average molecular weight is 552 g/mol. The van der Waals surface area contributed by atoms with E-state index in [1.165, 1.54) is 27.8 Å². The van der Waals surface area contributed by atoms with Crippen LogP contribution in [0.5, 0.6) is 0 Å². The summed E-state index contributed by atoms with van der Waals surface area (Å²) in [6, 6.07) is 6.56. The van der Waals surface area contributed by atoms with Gasteiger partial charge in [0.15, 0.2) is 0 Å². The number of aromatic amines is 2. The van der Waals surface area contributed by atoms with Crippen molar-refractivity contribution in [3.8, 4) is 0 Å². The van der Waals surface area contributed by atoms with Gasteiger partial charge in [0.2, 0.25) is 6.54 Å². The molecule has 2 aliphatic rings. The van der Waals surface area contributed by atoms with Crippen LogP contribution in [0.4, 0.5) is 0 Å². The normalized spacial score (nSPS) is 13.5. The number of hydrogen-bond acceptors (Lipinski definition) is 4. The fourth-order valence-electron chi connectivity index (χ4n) is 6.67. The van der Waals surface area contributed by atoms with E-state index in [-0.39, 0.29) is 17.9 Å². The second-order valence-corrected chi connectivity index (χ2v) is 11.1. The van der Waals surface area contributed by atoms with Gasteiger partial charge in [-0.05, 0) is 116 Å². The van der Waals surface area contributed by atoms with Crippen molar-refractivity contribution >= 4 is 44.4 Å². The van der Waals surface area contributed by atoms with Crippen molar-refractivity contribution in [3.63, 3.8) is 0 Å². The van der Waals surface area contributed by atoms with Gasteiger partial charge < -0.3 is 9.97 Å². The topological polar surface area (TPSA) is 100 Å². The third kappa shape index (κ3) is 4.81. The number of nitro groups is 1. The number of aryl methyl sites for hydroxylation is 4. The number of rotatable bonds is 7. The van der Waals surface area contributed by atoms with E-state index in [1.807, 2.05) is 0 Å². The van der Waals surface area contributed by atoms with Crippen LogP contribution in [0.25, 0.3) is 44.4 Å². The van der Waals surface area contributed by atoms with Crippen LogP contribution in [0.3, 0.4) is 0 Å². The van der Waals surface area contributed by atoms with Crippen molar-refractivity contribution in [1.82, 2.24) is 19.9 Å². The first-order valence-electron chi connectivity index (χ1n) is 14.9. The Bertz CT molecular complexity index is 1800. The minimum absolute atomic E-state index is 0.162. The van der Waals surface area contributed by atoms with E-state index in [0.717, 1.165) is 92.8 Å². The van der Waals surface area contributed by atoms with E-state index in [1.54, 1.807) is 0 Å². The molecule has 5 heterocycles. The van der Waals surface area contributed by atoms with Gasteiger partial charge in [-0.1, -0.05) is 27.7 Å². The predicted molar refractivity (Wildman–Crippen MR) is 170 cm³/mol. The van der Waals surface area contributed by atoms with Gasteiger partial charge in [-0.25, -0.2) is 9.97 Å². The standard InChI is InChI=1S/C34H41N5O2/c1-9-22-19(6)28-16-32-24(11-3)21(8)33(38-32)26(13-14-39(40)41)34-25(12-4)20(7)29(37-34)17-31-23(10-2)18(5)27(35-31)15-30(22)36-28/h15-17,35-36H,9-14H2,1-8H3. The highest BCUT2D eigenvalue weighted by atomic mass is 16.6.